The van der Waals surface area contributed by atoms with Gasteiger partial charge in [-0.25, -0.2) is 28.5 Å². The van der Waals surface area contributed by atoms with Crippen molar-refractivity contribution in [3.05, 3.63) is 51.5 Å². The van der Waals surface area contributed by atoms with Crippen molar-refractivity contribution in [1.82, 2.24) is 29.1 Å². The molecule has 4 aromatic rings. The Labute approximate surface area is 271 Å². The molecule has 0 aliphatic carbocycles. The summed E-state index contributed by atoms with van der Waals surface area (Å²) in [5.41, 5.74) is 0.247. The lowest BCUT2D eigenvalue weighted by molar-refractivity contribution is -0.0554. The Balaban J connectivity index is 1.17. The van der Waals surface area contributed by atoms with Crippen molar-refractivity contribution in [3.8, 4) is 0 Å². The molecule has 10 unspecified atom stereocenters. The van der Waals surface area contributed by atoms with Gasteiger partial charge in [0, 0.05) is 0 Å². The maximum absolute atomic E-state index is 16.0. The van der Waals surface area contributed by atoms with Crippen LogP contribution in [0.5, 0.6) is 0 Å². The molecule has 3 fully saturated rings. The summed E-state index contributed by atoms with van der Waals surface area (Å²) in [6.07, 6.45) is -8.26. The zero-order valence-corrected chi connectivity index (χ0v) is 27.3. The molecule has 3 aromatic heterocycles. The van der Waals surface area contributed by atoms with E-state index in [1.165, 1.54) is 23.0 Å². The monoisotopic (exact) mass is 744 g/mol. The quantitative estimate of drug-likeness (QED) is 0.171. The topological polar surface area (TPSA) is 191 Å². The van der Waals surface area contributed by atoms with Gasteiger partial charge in [0.25, 0.3) is 5.56 Å². The summed E-state index contributed by atoms with van der Waals surface area (Å²) in [6, 6.07) is 3.05. The second kappa shape index (κ2) is 11.8. The predicted molar refractivity (Wildman–Crippen MR) is 161 cm³/mol. The Kier molecular flexibility index (Phi) is 8.42. The van der Waals surface area contributed by atoms with Crippen LogP contribution in [0.15, 0.2) is 35.9 Å². The van der Waals surface area contributed by atoms with E-state index in [0.717, 1.165) is 17.2 Å². The number of benzene rings is 1. The van der Waals surface area contributed by atoms with E-state index in [9.17, 15) is 19.0 Å². The van der Waals surface area contributed by atoms with Crippen LogP contribution in [0.4, 0.5) is 4.39 Å². The van der Waals surface area contributed by atoms with E-state index in [1.807, 2.05) is 0 Å². The Morgan fingerprint density at radius 3 is 2.29 bits per heavy atom. The smallest absolute Gasteiger partial charge is 0.386 e. The molecule has 0 saturated carbocycles. The van der Waals surface area contributed by atoms with Crippen LogP contribution in [-0.4, -0.2) is 84.1 Å². The lowest BCUT2D eigenvalue weighted by atomic mass is 10.1. The van der Waals surface area contributed by atoms with Crippen molar-refractivity contribution < 1.29 is 46.2 Å². The van der Waals surface area contributed by atoms with Crippen LogP contribution < -0.4 is 5.56 Å². The molecule has 23 heteroatoms. The van der Waals surface area contributed by atoms with Crippen molar-refractivity contribution in [1.29, 1.82) is 0 Å². The number of alkyl halides is 1. The minimum absolute atomic E-state index is 0.00250. The summed E-state index contributed by atoms with van der Waals surface area (Å²) in [6.45, 7) is -9.92. The molecule has 3 saturated heterocycles. The van der Waals surface area contributed by atoms with Crippen LogP contribution in [0.3, 0.4) is 0 Å². The summed E-state index contributed by atoms with van der Waals surface area (Å²) in [4.78, 5) is 26.7. The molecule has 0 radical (unpaired) electrons. The average Bonchev–Trinajstić information content (AvgIpc) is 3.73. The highest BCUT2D eigenvalue weighted by molar-refractivity contribution is 8.44. The van der Waals surface area contributed by atoms with Gasteiger partial charge in [-0.3, -0.25) is 27.5 Å². The van der Waals surface area contributed by atoms with E-state index in [2.05, 4.69) is 44.4 Å². The van der Waals surface area contributed by atoms with E-state index in [4.69, 9.17) is 50.8 Å². The number of fused-ring (bicyclic) bond motifs is 4. The standard InChI is InChI=1S/C22H21Cl2FN6O10P2S2/c23-8-1-10-11(2-9(8)24)30(6-28-10)22-16(32)18-13(39-22)4-37-42(34,44)40-17-12(3-36-43(35,45)41-18)38-21(14(17)25)31-7-29-15-19(31)26-5-27-20(15)33/h1-2,5-7,12-14,16-18,21-22,32H,3-4H2,(H,34,44)(H,35,45)(H,26,27,33). The number of nitrogens with zero attached hydrogens (tertiary/aromatic N) is 5. The summed E-state index contributed by atoms with van der Waals surface area (Å²) < 4.78 is 79.2. The molecule has 7 rings (SSSR count). The Bertz CT molecular complexity index is 1950. The number of ether oxygens (including phenoxy) is 2. The summed E-state index contributed by atoms with van der Waals surface area (Å²) >= 11 is 20.3. The first-order valence-electron chi connectivity index (χ1n) is 13.0. The van der Waals surface area contributed by atoms with Crippen molar-refractivity contribution >= 4 is 83.5 Å². The van der Waals surface area contributed by atoms with Crippen LogP contribution in [0.25, 0.3) is 22.2 Å². The maximum atomic E-state index is 16.0. The zero-order valence-electron chi connectivity index (χ0n) is 22.2. The maximum Gasteiger partial charge on any atom is 0.386 e. The number of aliphatic hydroxyl groups is 1. The van der Waals surface area contributed by atoms with Crippen LogP contribution in [0, 0.1) is 0 Å². The van der Waals surface area contributed by atoms with E-state index in [1.54, 1.807) is 0 Å². The van der Waals surface area contributed by atoms with E-state index in [-0.39, 0.29) is 21.2 Å². The largest absolute Gasteiger partial charge is 0.386 e. The highest BCUT2D eigenvalue weighted by Crippen LogP contribution is 2.60. The van der Waals surface area contributed by atoms with Gasteiger partial charge in [-0.05, 0) is 12.1 Å². The van der Waals surface area contributed by atoms with Crippen LogP contribution >= 0.6 is 61.3 Å². The molecule has 45 heavy (non-hydrogen) atoms. The van der Waals surface area contributed by atoms with Crippen molar-refractivity contribution in [2.45, 2.75) is 49.1 Å². The molecule has 0 amide bonds. The third kappa shape index (κ3) is 5.90. The van der Waals surface area contributed by atoms with Crippen molar-refractivity contribution in [3.63, 3.8) is 0 Å². The van der Waals surface area contributed by atoms with E-state index < -0.39 is 81.5 Å². The first-order chi connectivity index (χ1) is 21.3. The fourth-order valence-corrected chi connectivity index (χ4v) is 8.66. The molecular weight excluding hydrogens is 724 g/mol. The van der Waals surface area contributed by atoms with Gasteiger partial charge in [-0.15, -0.1) is 0 Å². The highest BCUT2D eigenvalue weighted by Gasteiger charge is 2.53. The molecule has 242 valence electrons. The number of H-pyrrole nitrogens is 1. The number of imidazole rings is 2. The number of aromatic nitrogens is 6. The molecular formula is C22H21Cl2FN6O10P2S2. The number of rotatable bonds is 2. The first-order valence-corrected chi connectivity index (χ1v) is 19.1. The van der Waals surface area contributed by atoms with Crippen LogP contribution in [0.2, 0.25) is 10.0 Å². The van der Waals surface area contributed by atoms with Crippen LogP contribution in [-0.2, 0) is 36.7 Å². The second-order valence-electron chi connectivity index (χ2n) is 10.2. The molecule has 0 spiro atoms. The SMILES string of the molecule is O=c1[nH]cnc2c1ncn2C1OC2COP(=O)(S)OC3C(COP(=O)(S)OC2C1F)OC(n1cnc2cc(Cl)c(Cl)cc21)C3O. The predicted octanol–water partition coefficient (Wildman–Crippen LogP) is 3.86. The Morgan fingerprint density at radius 1 is 0.933 bits per heavy atom. The van der Waals surface area contributed by atoms with Crippen molar-refractivity contribution in [2.75, 3.05) is 13.2 Å². The summed E-state index contributed by atoms with van der Waals surface area (Å²) in [7, 11) is 0. The second-order valence-corrected chi connectivity index (χ2v) is 16.8. The number of aliphatic hydroxyl groups excluding tert-OH is 1. The van der Waals surface area contributed by atoms with Gasteiger partial charge in [0.2, 0.25) is 0 Å². The lowest BCUT2D eigenvalue weighted by Gasteiger charge is -2.28. The van der Waals surface area contributed by atoms with Gasteiger partial charge in [0.1, 0.15) is 30.5 Å². The number of halogens is 3. The molecule has 6 heterocycles. The molecule has 1 aromatic carbocycles. The molecule has 0 bridgehead atoms. The van der Waals surface area contributed by atoms with E-state index >= 15 is 4.39 Å². The van der Waals surface area contributed by atoms with E-state index in [0.29, 0.717) is 11.0 Å². The van der Waals surface area contributed by atoms with Gasteiger partial charge in [-0.2, -0.15) is 0 Å². The minimum Gasteiger partial charge on any atom is -0.386 e. The normalized spacial score (nSPS) is 37.7. The molecule has 10 atom stereocenters. The highest BCUT2D eigenvalue weighted by atomic mass is 35.5. The Morgan fingerprint density at radius 2 is 1.56 bits per heavy atom. The third-order valence-electron chi connectivity index (χ3n) is 7.42. The van der Waals surface area contributed by atoms with Gasteiger partial charge < -0.3 is 24.1 Å². The molecule has 2 N–H and O–H groups in total. The molecule has 3 aliphatic heterocycles. The number of nitrogens with one attached hydrogen (secondary N) is 1. The minimum atomic E-state index is -4.37. The van der Waals surface area contributed by atoms with Gasteiger partial charge in [0.05, 0.1) is 53.3 Å². The van der Waals surface area contributed by atoms with Crippen molar-refractivity contribution in [2.24, 2.45) is 0 Å². The molecule has 3 aliphatic rings. The molecule has 16 nitrogen and oxygen atoms in total. The number of thiol groups is 2. The fraction of sp³-hybridized carbons (Fsp3) is 0.455. The first kappa shape index (κ1) is 32.0. The van der Waals surface area contributed by atoms with Gasteiger partial charge >= 0.3 is 13.6 Å². The van der Waals surface area contributed by atoms with Crippen LogP contribution in [0.1, 0.15) is 12.5 Å². The summed E-state index contributed by atoms with van der Waals surface area (Å²) in [5.74, 6) is 0. The number of hydrogen-bond donors (Lipinski definition) is 4. The zero-order chi connectivity index (χ0) is 31.8. The fourth-order valence-electron chi connectivity index (χ4n) is 5.37. The summed E-state index contributed by atoms with van der Waals surface area (Å²) in [5, 5.41) is 11.8. The number of aromatic amines is 1. The Hall–Kier alpha value is -1.57. The number of hydrogen-bond acceptors (Lipinski definition) is 13. The van der Waals surface area contributed by atoms with Gasteiger partial charge in [0.15, 0.2) is 29.8 Å². The van der Waals surface area contributed by atoms with Gasteiger partial charge in [-0.1, -0.05) is 47.7 Å². The average molecular weight is 745 g/mol. The third-order valence-corrected chi connectivity index (χ3v) is 11.4. The lowest BCUT2D eigenvalue weighted by Crippen LogP contribution is -2.37.